The molecule has 0 amide bonds. The first-order valence-electron chi connectivity index (χ1n) is 14.1. The van der Waals surface area contributed by atoms with Crippen molar-refractivity contribution in [2.75, 3.05) is 27.1 Å². The Morgan fingerprint density at radius 2 is 1.51 bits per heavy atom. The van der Waals surface area contributed by atoms with Gasteiger partial charge in [0, 0.05) is 13.2 Å². The molecule has 0 fully saturated rings. The second-order valence-corrected chi connectivity index (χ2v) is 15.5. The molecule has 214 valence electrons. The molecule has 0 unspecified atom stereocenters. The summed E-state index contributed by atoms with van der Waals surface area (Å²) in [7, 11) is -1.21. The van der Waals surface area contributed by atoms with E-state index in [-0.39, 0.29) is 30.0 Å². The van der Waals surface area contributed by atoms with Crippen LogP contribution >= 0.6 is 0 Å². The van der Waals surface area contributed by atoms with Gasteiger partial charge in [-0.05, 0) is 47.7 Å². The lowest BCUT2D eigenvalue weighted by Gasteiger charge is -2.46. The van der Waals surface area contributed by atoms with Gasteiger partial charge in [-0.1, -0.05) is 94.3 Å². The van der Waals surface area contributed by atoms with Crippen LogP contribution in [0.25, 0.3) is 0 Å². The predicted molar refractivity (Wildman–Crippen MR) is 158 cm³/mol. The van der Waals surface area contributed by atoms with E-state index >= 15 is 0 Å². The SMILES string of the molecule is COCCOCO[C@@H]1/C=C/C(=O)O[C@@H](C)CCCCC[C@H]1O[Si](c1ccccc1)(c1ccccc1)C(C)(C)C. The number of cyclic esters (lactones) is 1. The third-order valence-corrected chi connectivity index (χ3v) is 12.3. The molecule has 0 spiro atoms. The van der Waals surface area contributed by atoms with Crippen LogP contribution in [0.1, 0.15) is 59.8 Å². The zero-order chi connectivity index (χ0) is 28.1. The Morgan fingerprint density at radius 1 is 0.897 bits per heavy atom. The van der Waals surface area contributed by atoms with Crippen LogP contribution in [0.15, 0.2) is 72.8 Å². The summed E-state index contributed by atoms with van der Waals surface area (Å²) in [4.78, 5) is 12.6. The smallest absolute Gasteiger partial charge is 0.330 e. The van der Waals surface area contributed by atoms with Crippen molar-refractivity contribution in [1.82, 2.24) is 0 Å². The van der Waals surface area contributed by atoms with Crippen molar-refractivity contribution in [3.63, 3.8) is 0 Å². The minimum atomic E-state index is -2.85. The topological polar surface area (TPSA) is 63.2 Å². The molecule has 3 rings (SSSR count). The van der Waals surface area contributed by atoms with Crippen LogP contribution in [0, 0.1) is 0 Å². The van der Waals surface area contributed by atoms with Gasteiger partial charge in [0.15, 0.2) is 0 Å². The highest BCUT2D eigenvalue weighted by molar-refractivity contribution is 6.99. The van der Waals surface area contributed by atoms with Gasteiger partial charge in [-0.3, -0.25) is 0 Å². The zero-order valence-corrected chi connectivity index (χ0v) is 25.3. The predicted octanol–water partition coefficient (Wildman–Crippen LogP) is 5.39. The first-order chi connectivity index (χ1) is 18.8. The van der Waals surface area contributed by atoms with E-state index < -0.39 is 14.4 Å². The molecule has 0 N–H and O–H groups in total. The van der Waals surface area contributed by atoms with Gasteiger partial charge in [0.05, 0.1) is 25.4 Å². The summed E-state index contributed by atoms with van der Waals surface area (Å²) in [6.07, 6.45) is 7.06. The average Bonchev–Trinajstić information content (AvgIpc) is 2.91. The van der Waals surface area contributed by atoms with Gasteiger partial charge >= 0.3 is 5.97 Å². The van der Waals surface area contributed by atoms with Crippen molar-refractivity contribution in [3.8, 4) is 0 Å². The number of esters is 1. The van der Waals surface area contributed by atoms with Crippen molar-refractivity contribution in [2.45, 2.75) is 83.1 Å². The number of carbonyl (C=O) groups excluding carboxylic acids is 1. The summed E-state index contributed by atoms with van der Waals surface area (Å²) in [6, 6.07) is 21.2. The second kappa shape index (κ2) is 15.5. The van der Waals surface area contributed by atoms with Crippen LogP contribution < -0.4 is 10.4 Å². The van der Waals surface area contributed by atoms with Crippen molar-refractivity contribution in [1.29, 1.82) is 0 Å². The maximum absolute atomic E-state index is 12.6. The Kier molecular flexibility index (Phi) is 12.4. The van der Waals surface area contributed by atoms with E-state index in [1.54, 1.807) is 13.2 Å². The normalized spacial score (nSPS) is 22.4. The highest BCUT2D eigenvalue weighted by atomic mass is 28.4. The number of rotatable bonds is 10. The van der Waals surface area contributed by atoms with Crippen molar-refractivity contribution in [3.05, 3.63) is 72.8 Å². The molecule has 1 heterocycles. The van der Waals surface area contributed by atoms with Gasteiger partial charge in [0.2, 0.25) is 0 Å². The Bertz CT molecular complexity index is 965. The molecule has 39 heavy (non-hydrogen) atoms. The van der Waals surface area contributed by atoms with Gasteiger partial charge in [-0.25, -0.2) is 4.79 Å². The highest BCUT2D eigenvalue weighted by Crippen LogP contribution is 2.39. The second-order valence-electron chi connectivity index (χ2n) is 11.2. The van der Waals surface area contributed by atoms with Gasteiger partial charge in [0.1, 0.15) is 12.9 Å². The largest absolute Gasteiger partial charge is 0.460 e. The molecule has 1 aliphatic heterocycles. The quantitative estimate of drug-likeness (QED) is 0.170. The molecule has 0 aliphatic carbocycles. The van der Waals surface area contributed by atoms with Crippen molar-refractivity contribution >= 4 is 24.7 Å². The molecule has 7 heteroatoms. The lowest BCUT2D eigenvalue weighted by Crippen LogP contribution is -2.68. The molecule has 3 atom stereocenters. The fourth-order valence-corrected chi connectivity index (χ4v) is 9.97. The van der Waals surface area contributed by atoms with Gasteiger partial charge in [-0.2, -0.15) is 0 Å². The summed E-state index contributed by atoms with van der Waals surface area (Å²) in [5.74, 6) is -0.360. The maximum Gasteiger partial charge on any atom is 0.330 e. The monoisotopic (exact) mass is 554 g/mol. The molecule has 2 aromatic rings. The fourth-order valence-electron chi connectivity index (χ4n) is 5.25. The van der Waals surface area contributed by atoms with Crippen molar-refractivity contribution < 1.29 is 28.2 Å². The molecule has 1 aliphatic rings. The fraction of sp³-hybridized carbons (Fsp3) is 0.531. The number of hydrogen-bond donors (Lipinski definition) is 0. The molecule has 0 aromatic heterocycles. The lowest BCUT2D eigenvalue weighted by molar-refractivity contribution is -0.142. The Hall–Kier alpha value is -2.29. The summed E-state index contributed by atoms with van der Waals surface area (Å²) in [6.45, 7) is 9.74. The van der Waals surface area contributed by atoms with E-state index in [4.69, 9.17) is 23.4 Å². The van der Waals surface area contributed by atoms with Gasteiger partial charge in [-0.15, -0.1) is 0 Å². The Labute approximate surface area is 235 Å². The third kappa shape index (κ3) is 8.85. The molecule has 0 bridgehead atoms. The van der Waals surface area contributed by atoms with E-state index in [2.05, 4.69) is 69.3 Å². The maximum atomic E-state index is 12.6. The van der Waals surface area contributed by atoms with Crippen LogP contribution in [0.5, 0.6) is 0 Å². The zero-order valence-electron chi connectivity index (χ0n) is 24.3. The van der Waals surface area contributed by atoms with Gasteiger partial charge < -0.3 is 23.4 Å². The van der Waals surface area contributed by atoms with Crippen LogP contribution in [0.2, 0.25) is 5.04 Å². The Morgan fingerprint density at radius 3 is 2.10 bits per heavy atom. The summed E-state index contributed by atoms with van der Waals surface area (Å²) < 4.78 is 30.1. The Balaban J connectivity index is 2.06. The number of benzene rings is 2. The van der Waals surface area contributed by atoms with Crippen LogP contribution in [0.4, 0.5) is 0 Å². The molecule has 0 saturated heterocycles. The van der Waals surface area contributed by atoms with Crippen molar-refractivity contribution in [2.24, 2.45) is 0 Å². The summed E-state index contributed by atoms with van der Waals surface area (Å²) in [5, 5.41) is 2.24. The van der Waals surface area contributed by atoms with E-state index in [0.29, 0.717) is 13.2 Å². The van der Waals surface area contributed by atoms with Gasteiger partial charge in [0.25, 0.3) is 8.32 Å². The van der Waals surface area contributed by atoms with E-state index in [1.807, 2.05) is 19.1 Å². The minimum Gasteiger partial charge on any atom is -0.460 e. The number of hydrogen-bond acceptors (Lipinski definition) is 6. The number of carbonyl (C=O) groups is 1. The standard InChI is InChI=1S/C32H46O6Si/c1-26-15-9-6-14-20-30(29(21-22-31(33)37-26)36-25-35-24-23-34-5)38-39(32(2,3)4,27-16-10-7-11-17-27)28-18-12-8-13-19-28/h7-8,10-13,16-19,21-22,26,29-30H,6,9,14-15,20,23-25H2,1-5H3/b22-21+/t26-,29+,30+/m0/s1. The summed E-state index contributed by atoms with van der Waals surface area (Å²) in [5.41, 5.74) is 0. The first-order valence-corrected chi connectivity index (χ1v) is 16.0. The lowest BCUT2D eigenvalue weighted by atomic mass is 10.0. The molecule has 2 aromatic carbocycles. The van der Waals surface area contributed by atoms with Crippen LogP contribution in [-0.2, 0) is 28.2 Å². The minimum absolute atomic E-state index is 0.0738. The molecule has 6 nitrogen and oxygen atoms in total. The number of ether oxygens (including phenoxy) is 4. The molecular weight excluding hydrogens is 508 g/mol. The summed E-state index contributed by atoms with van der Waals surface area (Å²) >= 11 is 0. The van der Waals surface area contributed by atoms with E-state index in [0.717, 1.165) is 32.1 Å². The average molecular weight is 555 g/mol. The highest BCUT2D eigenvalue weighted by Gasteiger charge is 2.52. The van der Waals surface area contributed by atoms with E-state index in [1.165, 1.54) is 16.4 Å². The number of methoxy groups -OCH3 is 1. The van der Waals surface area contributed by atoms with Crippen LogP contribution in [-0.4, -0.2) is 59.7 Å². The van der Waals surface area contributed by atoms with E-state index in [9.17, 15) is 4.79 Å². The molecule has 0 radical (unpaired) electrons. The molecule has 0 saturated carbocycles. The third-order valence-electron chi connectivity index (χ3n) is 7.23. The molecular formula is C32H46O6Si. The van der Waals surface area contributed by atoms with Crippen LogP contribution in [0.3, 0.4) is 0 Å². The first kappa shape index (κ1) is 31.2.